The summed E-state index contributed by atoms with van der Waals surface area (Å²) in [6, 6.07) is 8.39. The Morgan fingerprint density at radius 3 is 2.89 bits per heavy atom. The van der Waals surface area contributed by atoms with Gasteiger partial charge in [0, 0.05) is 27.5 Å². The molecule has 0 saturated heterocycles. The Labute approximate surface area is 116 Å². The number of nitrogens with two attached hydrogens (primary N) is 1. The summed E-state index contributed by atoms with van der Waals surface area (Å²) in [5.74, 6) is 0. The summed E-state index contributed by atoms with van der Waals surface area (Å²) in [7, 11) is 0. The molecule has 3 N–H and O–H groups in total. The molecule has 2 aromatic heterocycles. The molecular formula is C15H17N3S. The Hall–Kier alpha value is -1.81. The number of hydrogen-bond acceptors (Lipinski definition) is 3. The van der Waals surface area contributed by atoms with Crippen molar-refractivity contribution in [3.05, 3.63) is 35.3 Å². The lowest BCUT2D eigenvalue weighted by molar-refractivity contribution is 0.783. The Bertz CT molecular complexity index is 696. The van der Waals surface area contributed by atoms with E-state index in [1.165, 1.54) is 46.3 Å². The van der Waals surface area contributed by atoms with Gasteiger partial charge in [0.1, 0.15) is 0 Å². The molecule has 0 amide bonds. The summed E-state index contributed by atoms with van der Waals surface area (Å²) in [6.45, 7) is 2.21. The van der Waals surface area contributed by atoms with E-state index in [1.807, 2.05) is 5.38 Å². The monoisotopic (exact) mass is 271 g/mol. The van der Waals surface area contributed by atoms with Crippen LogP contribution in [-0.4, -0.2) is 9.97 Å². The molecule has 1 aromatic carbocycles. The number of H-pyrrole nitrogens is 1. The van der Waals surface area contributed by atoms with Crippen molar-refractivity contribution >= 4 is 27.4 Å². The van der Waals surface area contributed by atoms with E-state index in [1.54, 1.807) is 0 Å². The third kappa shape index (κ3) is 2.24. The van der Waals surface area contributed by atoms with Gasteiger partial charge in [-0.1, -0.05) is 31.5 Å². The number of nitrogens with zero attached hydrogens (tertiary/aromatic N) is 1. The molecule has 3 rings (SSSR count). The zero-order chi connectivity index (χ0) is 13.2. The number of hydrogen-bond donors (Lipinski definition) is 2. The largest absolute Gasteiger partial charge is 0.375 e. The van der Waals surface area contributed by atoms with Crippen molar-refractivity contribution in [2.75, 3.05) is 5.73 Å². The van der Waals surface area contributed by atoms with Crippen molar-refractivity contribution < 1.29 is 0 Å². The molecule has 4 heteroatoms. The second-order valence-electron chi connectivity index (χ2n) is 4.70. The number of rotatable bonds is 4. The van der Waals surface area contributed by atoms with Crippen molar-refractivity contribution in [1.82, 2.24) is 9.97 Å². The number of aromatic amines is 1. The molecule has 0 aliphatic carbocycles. The van der Waals surface area contributed by atoms with Gasteiger partial charge in [0.2, 0.25) is 0 Å². The van der Waals surface area contributed by atoms with E-state index in [9.17, 15) is 0 Å². The Kier molecular flexibility index (Phi) is 3.25. The van der Waals surface area contributed by atoms with Crippen LogP contribution in [0.1, 0.15) is 25.5 Å². The fraction of sp³-hybridized carbons (Fsp3) is 0.267. The molecule has 0 unspecified atom stereocenters. The number of aryl methyl sites for hydroxylation is 1. The maximum absolute atomic E-state index is 5.78. The van der Waals surface area contributed by atoms with Crippen LogP contribution in [0.4, 0.5) is 5.13 Å². The summed E-state index contributed by atoms with van der Waals surface area (Å²) >= 11 is 1.50. The quantitative estimate of drug-likeness (QED) is 0.746. The van der Waals surface area contributed by atoms with Gasteiger partial charge in [0.25, 0.3) is 0 Å². The van der Waals surface area contributed by atoms with Crippen molar-refractivity contribution in [2.24, 2.45) is 0 Å². The van der Waals surface area contributed by atoms with Crippen LogP contribution < -0.4 is 5.73 Å². The minimum atomic E-state index is 0.627. The molecule has 0 bridgehead atoms. The predicted octanol–water partition coefficient (Wildman–Crippen LogP) is 4.22. The minimum absolute atomic E-state index is 0.627. The molecule has 0 spiro atoms. The highest BCUT2D eigenvalue weighted by molar-refractivity contribution is 7.13. The summed E-state index contributed by atoms with van der Waals surface area (Å²) in [5, 5.41) is 3.90. The second-order valence-corrected chi connectivity index (χ2v) is 5.59. The molecule has 2 heterocycles. The van der Waals surface area contributed by atoms with Crippen molar-refractivity contribution in [3.63, 3.8) is 0 Å². The van der Waals surface area contributed by atoms with Gasteiger partial charge in [0.05, 0.1) is 5.69 Å². The molecule has 19 heavy (non-hydrogen) atoms. The summed E-state index contributed by atoms with van der Waals surface area (Å²) in [6.07, 6.45) is 3.42. The number of unbranched alkanes of at least 4 members (excludes halogenated alkanes) is 1. The first kappa shape index (κ1) is 12.2. The van der Waals surface area contributed by atoms with E-state index < -0.39 is 0 Å². The lowest BCUT2D eigenvalue weighted by Gasteiger charge is -2.01. The molecular weight excluding hydrogens is 254 g/mol. The topological polar surface area (TPSA) is 54.7 Å². The maximum atomic E-state index is 5.78. The smallest absolute Gasteiger partial charge is 0.180 e. The van der Waals surface area contributed by atoms with Crippen molar-refractivity contribution in [2.45, 2.75) is 26.2 Å². The molecule has 0 aliphatic heterocycles. The highest BCUT2D eigenvalue weighted by Gasteiger charge is 2.14. The molecule has 0 fully saturated rings. The van der Waals surface area contributed by atoms with Gasteiger partial charge >= 0.3 is 0 Å². The number of aromatic nitrogens is 2. The van der Waals surface area contributed by atoms with Crippen LogP contribution in [0.3, 0.4) is 0 Å². The normalized spacial score (nSPS) is 11.2. The van der Waals surface area contributed by atoms with Crippen LogP contribution in [0.2, 0.25) is 0 Å². The maximum Gasteiger partial charge on any atom is 0.180 e. The average molecular weight is 271 g/mol. The SMILES string of the molecule is CCCCc1[nH]c2ccccc2c1-c1csc(N)n1. The van der Waals surface area contributed by atoms with E-state index >= 15 is 0 Å². The van der Waals surface area contributed by atoms with Crippen LogP contribution in [0, 0.1) is 0 Å². The van der Waals surface area contributed by atoms with E-state index in [4.69, 9.17) is 5.73 Å². The number of nitrogens with one attached hydrogen (secondary N) is 1. The molecule has 3 aromatic rings. The minimum Gasteiger partial charge on any atom is -0.375 e. The van der Waals surface area contributed by atoms with E-state index in [0.29, 0.717) is 5.13 Å². The number of anilines is 1. The fourth-order valence-corrected chi connectivity index (χ4v) is 2.99. The predicted molar refractivity (Wildman–Crippen MR) is 82.4 cm³/mol. The Balaban J connectivity index is 2.18. The Morgan fingerprint density at radius 1 is 1.32 bits per heavy atom. The van der Waals surface area contributed by atoms with Gasteiger partial charge in [-0.3, -0.25) is 0 Å². The van der Waals surface area contributed by atoms with Gasteiger partial charge in [0.15, 0.2) is 5.13 Å². The number of para-hydroxylation sites is 1. The molecule has 0 radical (unpaired) electrons. The molecule has 0 saturated carbocycles. The van der Waals surface area contributed by atoms with E-state index in [-0.39, 0.29) is 0 Å². The van der Waals surface area contributed by atoms with Gasteiger partial charge < -0.3 is 10.7 Å². The van der Waals surface area contributed by atoms with E-state index in [0.717, 1.165) is 12.1 Å². The number of nitrogen functional groups attached to an aromatic ring is 1. The van der Waals surface area contributed by atoms with Gasteiger partial charge in [-0.15, -0.1) is 11.3 Å². The van der Waals surface area contributed by atoms with Crippen LogP contribution in [0.5, 0.6) is 0 Å². The first-order valence-electron chi connectivity index (χ1n) is 6.60. The number of benzene rings is 1. The van der Waals surface area contributed by atoms with Crippen LogP contribution >= 0.6 is 11.3 Å². The highest BCUT2D eigenvalue weighted by Crippen LogP contribution is 2.34. The first-order valence-corrected chi connectivity index (χ1v) is 7.48. The van der Waals surface area contributed by atoms with Crippen molar-refractivity contribution in [1.29, 1.82) is 0 Å². The number of thiazole rings is 1. The summed E-state index contributed by atoms with van der Waals surface area (Å²) < 4.78 is 0. The first-order chi connectivity index (χ1) is 9.29. The second kappa shape index (κ2) is 5.05. The molecule has 98 valence electrons. The van der Waals surface area contributed by atoms with Crippen LogP contribution in [-0.2, 0) is 6.42 Å². The molecule has 3 nitrogen and oxygen atoms in total. The highest BCUT2D eigenvalue weighted by atomic mass is 32.1. The zero-order valence-corrected chi connectivity index (χ0v) is 11.8. The standard InChI is InChI=1S/C15H17N3S/c1-2-3-7-12-14(13-9-19-15(16)18-13)10-6-4-5-8-11(10)17-12/h4-6,8-9,17H,2-3,7H2,1H3,(H2,16,18). The third-order valence-corrected chi connectivity index (χ3v) is 4.02. The fourth-order valence-electron chi connectivity index (χ4n) is 2.43. The van der Waals surface area contributed by atoms with Crippen LogP contribution in [0.15, 0.2) is 29.6 Å². The van der Waals surface area contributed by atoms with E-state index in [2.05, 4.69) is 41.2 Å². The average Bonchev–Trinajstić information content (AvgIpc) is 2.99. The lowest BCUT2D eigenvalue weighted by atomic mass is 10.1. The summed E-state index contributed by atoms with van der Waals surface area (Å²) in [5.41, 5.74) is 10.4. The van der Waals surface area contributed by atoms with Crippen molar-refractivity contribution in [3.8, 4) is 11.3 Å². The molecule has 0 aliphatic rings. The number of fused-ring (bicyclic) bond motifs is 1. The van der Waals surface area contributed by atoms with Gasteiger partial charge in [-0.05, 0) is 18.9 Å². The Morgan fingerprint density at radius 2 is 2.16 bits per heavy atom. The van der Waals surface area contributed by atoms with Crippen LogP contribution in [0.25, 0.3) is 22.2 Å². The third-order valence-electron chi connectivity index (χ3n) is 3.34. The zero-order valence-electron chi connectivity index (χ0n) is 10.9. The molecule has 0 atom stereocenters. The summed E-state index contributed by atoms with van der Waals surface area (Å²) in [4.78, 5) is 7.98. The van der Waals surface area contributed by atoms with Gasteiger partial charge in [-0.25, -0.2) is 4.98 Å². The lowest BCUT2D eigenvalue weighted by Crippen LogP contribution is -1.89. The van der Waals surface area contributed by atoms with Gasteiger partial charge in [-0.2, -0.15) is 0 Å².